The molecule has 3 rings (SSSR count). The van der Waals surface area contributed by atoms with Gasteiger partial charge in [0.25, 0.3) is 0 Å². The first kappa shape index (κ1) is 21.1. The van der Waals surface area contributed by atoms with E-state index in [9.17, 15) is 18.0 Å². The smallest absolute Gasteiger partial charge is 0.244 e. The number of carbonyl (C=O) groups is 2. The molecule has 2 aromatic rings. The molecule has 1 saturated heterocycles. The first-order chi connectivity index (χ1) is 13.9. The third-order valence-corrected chi connectivity index (χ3v) is 6.87. The van der Waals surface area contributed by atoms with Crippen LogP contribution in [0.3, 0.4) is 0 Å². The number of pyridine rings is 1. The lowest BCUT2D eigenvalue weighted by Gasteiger charge is -2.36. The number of piperazine rings is 1. The van der Waals surface area contributed by atoms with Gasteiger partial charge in [-0.1, -0.05) is 30.3 Å². The highest BCUT2D eigenvalue weighted by Gasteiger charge is 2.31. The number of rotatable bonds is 7. The third kappa shape index (κ3) is 5.06. The molecular weight excluding hydrogens is 392 g/mol. The Morgan fingerprint density at radius 1 is 1.07 bits per heavy atom. The molecule has 154 valence electrons. The molecule has 0 saturated carbocycles. The highest BCUT2D eigenvalue weighted by Crippen LogP contribution is 2.17. The fourth-order valence-corrected chi connectivity index (χ4v) is 4.57. The van der Waals surface area contributed by atoms with Gasteiger partial charge in [-0.05, 0) is 19.1 Å². The Labute approximate surface area is 170 Å². The van der Waals surface area contributed by atoms with Gasteiger partial charge in [0.15, 0.2) is 5.78 Å². The van der Waals surface area contributed by atoms with Crippen LogP contribution in [0.2, 0.25) is 0 Å². The number of nitrogens with zero attached hydrogens (tertiary/aromatic N) is 3. The molecule has 1 amide bonds. The van der Waals surface area contributed by atoms with Gasteiger partial charge in [-0.3, -0.25) is 19.5 Å². The van der Waals surface area contributed by atoms with E-state index in [-0.39, 0.29) is 36.2 Å². The summed E-state index contributed by atoms with van der Waals surface area (Å²) in [6.07, 6.45) is 2.86. The molecule has 29 heavy (non-hydrogen) atoms. The topological polar surface area (TPSA) is 99.7 Å². The molecule has 1 aromatic carbocycles. The minimum absolute atomic E-state index is 0.0669. The van der Waals surface area contributed by atoms with E-state index in [1.54, 1.807) is 37.3 Å². The zero-order valence-electron chi connectivity index (χ0n) is 16.2. The summed E-state index contributed by atoms with van der Waals surface area (Å²) < 4.78 is 26.7. The Hall–Kier alpha value is -2.62. The van der Waals surface area contributed by atoms with Crippen LogP contribution in [0.1, 0.15) is 17.3 Å². The Bertz CT molecular complexity index is 943. The van der Waals surface area contributed by atoms with Gasteiger partial charge in [0.1, 0.15) is 4.90 Å². The molecule has 2 heterocycles. The lowest BCUT2D eigenvalue weighted by Crippen LogP contribution is -2.55. The second kappa shape index (κ2) is 9.25. The second-order valence-electron chi connectivity index (χ2n) is 6.81. The van der Waals surface area contributed by atoms with Crippen molar-refractivity contribution in [3.63, 3.8) is 0 Å². The van der Waals surface area contributed by atoms with Gasteiger partial charge >= 0.3 is 0 Å². The van der Waals surface area contributed by atoms with E-state index in [0.717, 1.165) is 0 Å². The zero-order chi connectivity index (χ0) is 20.9. The maximum Gasteiger partial charge on any atom is 0.244 e. The molecule has 9 heteroatoms. The van der Waals surface area contributed by atoms with Crippen LogP contribution in [0.5, 0.6) is 0 Å². The van der Waals surface area contributed by atoms with E-state index < -0.39 is 16.1 Å². The standard InChI is InChI=1S/C20H24N4O4S/c1-16(20(26)22-15-19(25)17-6-3-2-4-7-17)23-10-12-24(13-11-23)29(27,28)18-8-5-9-21-14-18/h2-9,14,16H,10-13,15H2,1H3,(H,22,26)/t16-/m1/s1. The number of ketones is 1. The minimum atomic E-state index is -3.58. The maximum atomic E-state index is 12.7. The first-order valence-electron chi connectivity index (χ1n) is 9.40. The van der Waals surface area contributed by atoms with E-state index in [0.29, 0.717) is 18.7 Å². The Kier molecular flexibility index (Phi) is 6.73. The van der Waals surface area contributed by atoms with Crippen LogP contribution in [0.25, 0.3) is 0 Å². The van der Waals surface area contributed by atoms with Crippen molar-refractivity contribution in [1.29, 1.82) is 0 Å². The largest absolute Gasteiger partial charge is 0.347 e. The molecule has 1 aliphatic rings. The number of hydrogen-bond acceptors (Lipinski definition) is 6. The van der Waals surface area contributed by atoms with Crippen molar-refractivity contribution in [2.45, 2.75) is 17.9 Å². The van der Waals surface area contributed by atoms with Crippen molar-refractivity contribution < 1.29 is 18.0 Å². The summed E-state index contributed by atoms with van der Waals surface area (Å²) in [7, 11) is -3.58. The molecule has 1 atom stereocenters. The normalized spacial score (nSPS) is 16.9. The zero-order valence-corrected chi connectivity index (χ0v) is 17.0. The van der Waals surface area contributed by atoms with Crippen molar-refractivity contribution in [3.8, 4) is 0 Å². The van der Waals surface area contributed by atoms with Gasteiger partial charge < -0.3 is 5.32 Å². The summed E-state index contributed by atoms with van der Waals surface area (Å²) in [5.74, 6) is -0.406. The van der Waals surface area contributed by atoms with Gasteiger partial charge in [0.05, 0.1) is 12.6 Å². The first-order valence-corrected chi connectivity index (χ1v) is 10.8. The molecule has 0 spiro atoms. The van der Waals surface area contributed by atoms with Crippen LogP contribution >= 0.6 is 0 Å². The summed E-state index contributed by atoms with van der Waals surface area (Å²) >= 11 is 0. The minimum Gasteiger partial charge on any atom is -0.347 e. The summed E-state index contributed by atoms with van der Waals surface area (Å²) in [5.41, 5.74) is 0.551. The van der Waals surface area contributed by atoms with Crippen LogP contribution in [0.4, 0.5) is 0 Å². The monoisotopic (exact) mass is 416 g/mol. The van der Waals surface area contributed by atoms with E-state index in [4.69, 9.17) is 0 Å². The number of amides is 1. The fraction of sp³-hybridized carbons (Fsp3) is 0.350. The maximum absolute atomic E-state index is 12.7. The van der Waals surface area contributed by atoms with Crippen LogP contribution in [-0.2, 0) is 14.8 Å². The average molecular weight is 417 g/mol. The van der Waals surface area contributed by atoms with Gasteiger partial charge in [0.2, 0.25) is 15.9 Å². The lowest BCUT2D eigenvalue weighted by atomic mass is 10.1. The number of sulfonamides is 1. The fourth-order valence-electron chi connectivity index (χ4n) is 3.19. The molecule has 1 aromatic heterocycles. The van der Waals surface area contributed by atoms with E-state index in [1.807, 2.05) is 11.0 Å². The summed E-state index contributed by atoms with van der Waals surface area (Å²) in [4.78, 5) is 30.5. The number of Topliss-reactive ketones (excluding diaryl/α,β-unsaturated/α-hetero) is 1. The quantitative estimate of drug-likeness (QED) is 0.670. The molecule has 0 aliphatic carbocycles. The molecule has 0 radical (unpaired) electrons. The van der Waals surface area contributed by atoms with Gasteiger partial charge in [-0.2, -0.15) is 4.31 Å². The summed E-state index contributed by atoms with van der Waals surface area (Å²) in [6.45, 7) is 3.13. The van der Waals surface area contributed by atoms with E-state index in [2.05, 4.69) is 10.3 Å². The van der Waals surface area contributed by atoms with Gasteiger partial charge in [0, 0.05) is 44.1 Å². The second-order valence-corrected chi connectivity index (χ2v) is 8.75. The van der Waals surface area contributed by atoms with Crippen LogP contribution < -0.4 is 5.32 Å². The van der Waals surface area contributed by atoms with Gasteiger partial charge in [-0.25, -0.2) is 8.42 Å². The van der Waals surface area contributed by atoms with Crippen molar-refractivity contribution >= 4 is 21.7 Å². The van der Waals surface area contributed by atoms with Crippen molar-refractivity contribution in [1.82, 2.24) is 19.5 Å². The predicted molar refractivity (Wildman–Crippen MR) is 108 cm³/mol. The Balaban J connectivity index is 1.51. The van der Waals surface area contributed by atoms with Gasteiger partial charge in [-0.15, -0.1) is 0 Å². The molecule has 8 nitrogen and oxygen atoms in total. The van der Waals surface area contributed by atoms with E-state index >= 15 is 0 Å². The van der Waals surface area contributed by atoms with Crippen molar-refractivity contribution in [3.05, 3.63) is 60.4 Å². The highest BCUT2D eigenvalue weighted by atomic mass is 32.2. The molecule has 1 fully saturated rings. The number of benzene rings is 1. The summed E-state index contributed by atoms with van der Waals surface area (Å²) in [6, 6.07) is 11.4. The highest BCUT2D eigenvalue weighted by molar-refractivity contribution is 7.89. The van der Waals surface area contributed by atoms with Crippen LogP contribution in [-0.4, -0.2) is 73.1 Å². The number of hydrogen-bond donors (Lipinski definition) is 1. The number of carbonyl (C=O) groups excluding carboxylic acids is 2. The summed E-state index contributed by atoms with van der Waals surface area (Å²) in [5, 5.41) is 2.68. The third-order valence-electron chi connectivity index (χ3n) is 4.99. The molecular formula is C20H24N4O4S. The number of aromatic nitrogens is 1. The Morgan fingerprint density at radius 3 is 2.38 bits per heavy atom. The predicted octanol–water partition coefficient (Wildman–Crippen LogP) is 0.775. The average Bonchev–Trinajstić information content (AvgIpc) is 2.78. The number of nitrogens with one attached hydrogen (secondary N) is 1. The lowest BCUT2D eigenvalue weighted by molar-refractivity contribution is -0.126. The van der Waals surface area contributed by atoms with Crippen LogP contribution in [0, 0.1) is 0 Å². The molecule has 0 unspecified atom stereocenters. The SMILES string of the molecule is C[C@H](C(=O)NCC(=O)c1ccccc1)N1CCN(S(=O)(=O)c2cccnc2)CC1. The van der Waals surface area contributed by atoms with Crippen LogP contribution in [0.15, 0.2) is 59.8 Å². The molecule has 1 aliphatic heterocycles. The van der Waals surface area contributed by atoms with Crippen molar-refractivity contribution in [2.24, 2.45) is 0 Å². The molecule has 1 N–H and O–H groups in total. The van der Waals surface area contributed by atoms with Crippen molar-refractivity contribution in [2.75, 3.05) is 32.7 Å². The molecule has 0 bridgehead atoms. The van der Waals surface area contributed by atoms with E-state index in [1.165, 1.54) is 22.8 Å². The Morgan fingerprint density at radius 2 is 1.76 bits per heavy atom.